The van der Waals surface area contributed by atoms with Gasteiger partial charge in [-0.15, -0.1) is 69.1 Å². The van der Waals surface area contributed by atoms with E-state index in [0.29, 0.717) is 0 Å². The quantitative estimate of drug-likeness (QED) is 0.120. The Morgan fingerprint density at radius 1 is 0.449 bits per heavy atom. The molecule has 8 aromatic carbocycles. The van der Waals surface area contributed by atoms with Crippen LogP contribution in [0.2, 0.25) is 0 Å². The molecule has 0 bridgehead atoms. The molecule has 0 atom stereocenters. The fourth-order valence-electron chi connectivity index (χ4n) is 6.16. The maximum Gasteiger partial charge on any atom is -0.0114 e. The van der Waals surface area contributed by atoms with Crippen molar-refractivity contribution in [1.29, 1.82) is 0 Å². The fourth-order valence-corrected chi connectivity index (χ4v) is 6.16. The number of rotatable bonds is 2. The first-order valence-corrected chi connectivity index (χ1v) is 26.2. The van der Waals surface area contributed by atoms with Crippen molar-refractivity contribution >= 4 is 64.0 Å². The van der Waals surface area contributed by atoms with Gasteiger partial charge in [0.2, 0.25) is 0 Å². The van der Waals surface area contributed by atoms with Gasteiger partial charge in [0.05, 0.1) is 0 Å². The van der Waals surface area contributed by atoms with Gasteiger partial charge in [-0.3, -0.25) is 0 Å². The van der Waals surface area contributed by atoms with Crippen LogP contribution in [0.4, 0.5) is 0 Å². The van der Waals surface area contributed by atoms with Crippen molar-refractivity contribution < 1.29 is 18.6 Å². The Kier molecular flexibility index (Phi) is 16.1. The van der Waals surface area contributed by atoms with E-state index >= 15 is 0 Å². The number of benzene rings is 6. The molecule has 0 spiro atoms. The average Bonchev–Trinajstić information content (AvgIpc) is 3.65. The van der Waals surface area contributed by atoms with E-state index in [9.17, 15) is 0 Å². The summed E-state index contributed by atoms with van der Waals surface area (Å²) in [6, 6.07) is 52.5. The monoisotopic (exact) mass is 848 g/mol. The van der Waals surface area contributed by atoms with Crippen LogP contribution < -0.4 is 0 Å². The number of aryl methyl sites for hydroxylation is 2. The molecule has 0 nitrogen and oxygen atoms in total. The summed E-state index contributed by atoms with van der Waals surface area (Å²) in [6.07, 6.45) is 0. The Morgan fingerprint density at radius 2 is 0.755 bits per heavy atom. The van der Waals surface area contributed by atoms with E-state index in [1.54, 1.807) is 0 Å². The standard InChI is InChI=1S/2C20H15.C2H4.4CH3.2ClH.Hf/c2*1-14-12-16-8-5-11-19(20(16)13-14)18-10-4-7-15-6-2-3-9-17(15)18;1-2;;;;;;;/h2*2-13H,1H3;1H,2H3;4*1H3;2*1H;/q2*-1;;4*-1;;;+2/p-2. The van der Waals surface area contributed by atoms with Crippen LogP contribution in [0, 0.1) is 43.6 Å². The van der Waals surface area contributed by atoms with Gasteiger partial charge in [-0.05, 0) is 32.7 Å². The Bertz CT molecular complexity index is 2110. The SMILES string of the molecule is C[CH]=[Hf]([Cl])[Cl].Cc1cc2c(-c3cccc4ccccc34)cccc2[cH-]1.Cc1cc2c(-c3cccc4ccccc34)cccc2[cH-]1.[CH3-].[CH3-].[CH3-].[CH3-]. The Balaban J connectivity index is 0.000000280. The van der Waals surface area contributed by atoms with E-state index in [4.69, 9.17) is 17.2 Å². The van der Waals surface area contributed by atoms with Crippen molar-refractivity contribution in [3.63, 3.8) is 0 Å². The molecule has 0 aliphatic rings. The first-order chi connectivity index (χ1) is 21.9. The van der Waals surface area contributed by atoms with Gasteiger partial charge in [-0.2, -0.15) is 12.1 Å². The summed E-state index contributed by atoms with van der Waals surface area (Å²) in [7, 11) is 10.8. The summed E-state index contributed by atoms with van der Waals surface area (Å²) in [4.78, 5) is 0. The molecule has 0 radical (unpaired) electrons. The minimum absolute atomic E-state index is 0. The predicted molar refractivity (Wildman–Crippen MR) is 224 cm³/mol. The minimum atomic E-state index is -1.88. The molecule has 0 amide bonds. The number of hydrogen-bond donors (Lipinski definition) is 0. The predicted octanol–water partition coefficient (Wildman–Crippen LogP) is 14.9. The third kappa shape index (κ3) is 9.34. The third-order valence-corrected chi connectivity index (χ3v) is 13.3. The Hall–Kier alpha value is -3.62. The van der Waals surface area contributed by atoms with E-state index < -0.39 is 18.6 Å². The van der Waals surface area contributed by atoms with Gasteiger partial charge in [0, 0.05) is 0 Å². The molecule has 0 unspecified atom stereocenters. The van der Waals surface area contributed by atoms with Crippen LogP contribution in [-0.4, -0.2) is 3.76 Å². The van der Waals surface area contributed by atoms with Crippen molar-refractivity contribution in [3.8, 4) is 22.3 Å². The summed E-state index contributed by atoms with van der Waals surface area (Å²) in [5.74, 6) is 0. The zero-order chi connectivity index (χ0) is 31.3. The first-order valence-electron chi connectivity index (χ1n) is 15.2. The van der Waals surface area contributed by atoms with Crippen LogP contribution in [0.25, 0.3) is 65.3 Å². The topological polar surface area (TPSA) is 0 Å². The molecule has 0 saturated heterocycles. The fraction of sp³-hybridized carbons (Fsp3) is 0.0652. The molecule has 3 heteroatoms. The van der Waals surface area contributed by atoms with Gasteiger partial charge in [0.1, 0.15) is 0 Å². The van der Waals surface area contributed by atoms with Gasteiger partial charge >= 0.3 is 46.4 Å². The second kappa shape index (κ2) is 19.0. The van der Waals surface area contributed by atoms with Crippen LogP contribution in [-0.2, 0) is 18.6 Å². The Labute approximate surface area is 309 Å². The van der Waals surface area contributed by atoms with Gasteiger partial charge in [-0.25, -0.2) is 0 Å². The molecule has 8 rings (SSSR count). The first kappa shape index (κ1) is 41.6. The van der Waals surface area contributed by atoms with E-state index in [1.165, 1.54) is 76.5 Å². The summed E-state index contributed by atoms with van der Waals surface area (Å²) in [6.45, 7) is 6.22. The zero-order valence-electron chi connectivity index (χ0n) is 29.7. The van der Waals surface area contributed by atoms with Crippen molar-refractivity contribution in [3.05, 3.63) is 186 Å². The maximum absolute atomic E-state index is 5.39. The molecular formula is C46H46Cl2Hf-6. The summed E-state index contributed by atoms with van der Waals surface area (Å²) < 4.78 is 1.91. The Morgan fingerprint density at radius 3 is 1.12 bits per heavy atom. The normalized spacial score (nSPS) is 9.90. The molecule has 0 N–H and O–H groups in total. The van der Waals surface area contributed by atoms with Gasteiger partial charge in [-0.1, -0.05) is 122 Å². The molecule has 0 fully saturated rings. The largest absolute Gasteiger partial charge is 0.358 e. The van der Waals surface area contributed by atoms with Gasteiger partial charge < -0.3 is 29.7 Å². The minimum Gasteiger partial charge on any atom is -0.358 e. The van der Waals surface area contributed by atoms with Crippen molar-refractivity contribution in [2.45, 2.75) is 20.8 Å². The molecule has 0 aliphatic heterocycles. The molecule has 254 valence electrons. The van der Waals surface area contributed by atoms with Crippen molar-refractivity contribution in [1.82, 2.24) is 0 Å². The second-order valence-corrected chi connectivity index (χ2v) is 23.7. The van der Waals surface area contributed by atoms with E-state index in [2.05, 4.69) is 159 Å². The van der Waals surface area contributed by atoms with Crippen LogP contribution in [0.5, 0.6) is 0 Å². The van der Waals surface area contributed by atoms with Crippen molar-refractivity contribution in [2.24, 2.45) is 0 Å². The smallest absolute Gasteiger partial charge is 0.0114 e. The molecule has 0 heterocycles. The van der Waals surface area contributed by atoms with Crippen LogP contribution in [0.1, 0.15) is 18.1 Å². The van der Waals surface area contributed by atoms with Crippen LogP contribution in [0.3, 0.4) is 0 Å². The number of halogens is 2. The summed E-state index contributed by atoms with van der Waals surface area (Å²) in [5, 5.41) is 10.6. The zero-order valence-corrected chi connectivity index (χ0v) is 34.8. The van der Waals surface area contributed by atoms with Crippen LogP contribution in [0.15, 0.2) is 146 Å². The summed E-state index contributed by atoms with van der Waals surface area (Å²) in [5.41, 5.74) is 7.94. The molecule has 49 heavy (non-hydrogen) atoms. The van der Waals surface area contributed by atoms with Crippen LogP contribution >= 0.6 is 17.2 Å². The molecule has 0 aliphatic carbocycles. The van der Waals surface area contributed by atoms with E-state index in [-0.39, 0.29) is 29.7 Å². The third-order valence-electron chi connectivity index (χ3n) is 8.17. The molecule has 0 aromatic heterocycles. The molecule has 0 saturated carbocycles. The van der Waals surface area contributed by atoms with Crippen molar-refractivity contribution in [2.75, 3.05) is 0 Å². The maximum atomic E-state index is 5.39. The summed E-state index contributed by atoms with van der Waals surface area (Å²) >= 11 is -1.88. The average molecular weight is 848 g/mol. The number of hydrogen-bond acceptors (Lipinski definition) is 0. The molecular weight excluding hydrogens is 802 g/mol. The van der Waals surface area contributed by atoms with E-state index in [0.717, 1.165) is 0 Å². The van der Waals surface area contributed by atoms with Gasteiger partial charge in [0.15, 0.2) is 0 Å². The number of fused-ring (bicyclic) bond motifs is 4. The van der Waals surface area contributed by atoms with Gasteiger partial charge in [0.25, 0.3) is 0 Å². The second-order valence-electron chi connectivity index (χ2n) is 11.3. The molecule has 8 aromatic rings. The van der Waals surface area contributed by atoms with E-state index in [1.807, 2.05) is 10.7 Å².